The number of nitrogens with zero attached hydrogens (tertiary/aromatic N) is 2. The van der Waals surface area contributed by atoms with E-state index in [4.69, 9.17) is 0 Å². The van der Waals surface area contributed by atoms with E-state index in [0.717, 1.165) is 23.2 Å². The second kappa shape index (κ2) is 4.09. The molecule has 0 saturated heterocycles. The summed E-state index contributed by atoms with van der Waals surface area (Å²) in [5.41, 5.74) is 6.12. The number of fused-ring (bicyclic) bond motifs is 1. The van der Waals surface area contributed by atoms with Crippen LogP contribution < -0.4 is 0 Å². The largest absolute Gasteiger partial charge is 0.321 e. The van der Waals surface area contributed by atoms with Gasteiger partial charge < -0.3 is 4.98 Å². The molecule has 4 heteroatoms. The van der Waals surface area contributed by atoms with E-state index in [1.165, 1.54) is 11.1 Å². The van der Waals surface area contributed by atoms with E-state index in [-0.39, 0.29) is 0 Å². The van der Waals surface area contributed by atoms with Crippen molar-refractivity contribution < 1.29 is 4.79 Å². The Bertz CT molecular complexity index is 780. The molecule has 0 fully saturated rings. The van der Waals surface area contributed by atoms with Crippen LogP contribution in [0, 0.1) is 20.8 Å². The Morgan fingerprint density at radius 1 is 1.26 bits per heavy atom. The van der Waals surface area contributed by atoms with Gasteiger partial charge in [0, 0.05) is 17.5 Å². The molecule has 0 unspecified atom stereocenters. The topological polar surface area (TPSA) is 50.2 Å². The van der Waals surface area contributed by atoms with Gasteiger partial charge >= 0.3 is 0 Å². The maximum Gasteiger partial charge on any atom is 0.212 e. The van der Waals surface area contributed by atoms with Crippen molar-refractivity contribution in [1.29, 1.82) is 0 Å². The van der Waals surface area contributed by atoms with Gasteiger partial charge in [-0.25, -0.2) is 4.98 Å². The fourth-order valence-electron chi connectivity index (χ4n) is 2.45. The van der Waals surface area contributed by atoms with Crippen molar-refractivity contribution in [3.8, 4) is 11.3 Å². The van der Waals surface area contributed by atoms with E-state index in [1.54, 1.807) is 6.20 Å². The molecule has 0 bridgehead atoms. The lowest BCUT2D eigenvalue weighted by molar-refractivity contribution is 0.111. The van der Waals surface area contributed by atoms with Crippen LogP contribution in [0.1, 0.15) is 27.3 Å². The van der Waals surface area contributed by atoms with Crippen LogP contribution in [0.3, 0.4) is 0 Å². The van der Waals surface area contributed by atoms with Crippen molar-refractivity contribution in [3.05, 3.63) is 46.9 Å². The van der Waals surface area contributed by atoms with E-state index in [1.807, 2.05) is 11.3 Å². The van der Waals surface area contributed by atoms with Crippen LogP contribution >= 0.6 is 0 Å². The number of nitrogens with one attached hydrogen (secondary N) is 1. The first-order valence-corrected chi connectivity index (χ1v) is 6.20. The molecule has 0 radical (unpaired) electrons. The molecule has 3 rings (SSSR count). The zero-order chi connectivity index (χ0) is 13.6. The number of carbonyl (C=O) groups excluding carboxylic acids is 1. The van der Waals surface area contributed by atoms with Crippen molar-refractivity contribution >= 4 is 12.1 Å². The summed E-state index contributed by atoms with van der Waals surface area (Å²) in [5, 5.41) is 0. The molecule has 2 aromatic heterocycles. The molecule has 96 valence electrons. The van der Waals surface area contributed by atoms with Crippen LogP contribution in [0.2, 0.25) is 0 Å². The van der Waals surface area contributed by atoms with E-state index in [9.17, 15) is 4.79 Å². The summed E-state index contributed by atoms with van der Waals surface area (Å²) in [6.07, 6.45) is 2.57. The van der Waals surface area contributed by atoms with Crippen LogP contribution in [-0.2, 0) is 0 Å². The number of hydrogen-bond donors (Lipinski definition) is 1. The highest BCUT2D eigenvalue weighted by Crippen LogP contribution is 2.27. The van der Waals surface area contributed by atoms with Gasteiger partial charge in [0.25, 0.3) is 0 Å². The van der Waals surface area contributed by atoms with Crippen molar-refractivity contribution in [2.75, 3.05) is 0 Å². The average molecular weight is 253 g/mol. The number of aromatic amines is 1. The summed E-state index contributed by atoms with van der Waals surface area (Å²) >= 11 is 0. The Morgan fingerprint density at radius 3 is 2.68 bits per heavy atom. The predicted molar refractivity (Wildman–Crippen MR) is 74.6 cm³/mol. The molecule has 0 aliphatic heterocycles. The highest BCUT2D eigenvalue weighted by atomic mass is 16.1. The Labute approximate surface area is 111 Å². The number of carbonyl (C=O) groups is 1. The summed E-state index contributed by atoms with van der Waals surface area (Å²) in [6, 6.07) is 6.34. The monoisotopic (exact) mass is 253 g/mol. The van der Waals surface area contributed by atoms with Crippen molar-refractivity contribution in [2.24, 2.45) is 0 Å². The predicted octanol–water partition coefficient (Wildman–Crippen LogP) is 3.07. The maximum absolute atomic E-state index is 10.8. The summed E-state index contributed by atoms with van der Waals surface area (Å²) in [5.74, 6) is 0.703. The van der Waals surface area contributed by atoms with Gasteiger partial charge in [0.2, 0.25) is 5.78 Å². The highest BCUT2D eigenvalue weighted by molar-refractivity contribution is 5.75. The molecule has 1 aromatic carbocycles. The van der Waals surface area contributed by atoms with Gasteiger partial charge in [-0.2, -0.15) is 0 Å². The Morgan fingerprint density at radius 2 is 2.05 bits per heavy atom. The summed E-state index contributed by atoms with van der Waals surface area (Å²) in [7, 11) is 0. The smallest absolute Gasteiger partial charge is 0.212 e. The number of hydrogen-bond acceptors (Lipinski definition) is 2. The Kier molecular flexibility index (Phi) is 2.52. The van der Waals surface area contributed by atoms with E-state index in [0.29, 0.717) is 11.5 Å². The van der Waals surface area contributed by atoms with Crippen LogP contribution in [0.25, 0.3) is 17.0 Å². The molecule has 0 amide bonds. The first kappa shape index (κ1) is 11.7. The summed E-state index contributed by atoms with van der Waals surface area (Å²) in [6.45, 7) is 6.18. The Hall–Kier alpha value is -2.36. The maximum atomic E-state index is 10.8. The van der Waals surface area contributed by atoms with Crippen molar-refractivity contribution in [2.45, 2.75) is 20.8 Å². The molecule has 0 aliphatic carbocycles. The third-order valence-electron chi connectivity index (χ3n) is 3.44. The van der Waals surface area contributed by atoms with Crippen molar-refractivity contribution in [1.82, 2.24) is 14.4 Å². The van der Waals surface area contributed by atoms with Crippen LogP contribution in [-0.4, -0.2) is 20.7 Å². The SMILES string of the molecule is Cc1ccc(-c2nc3[nH]c(C=O)cn3c2C)c(C)c1. The molecule has 0 atom stereocenters. The Balaban J connectivity index is 2.22. The van der Waals surface area contributed by atoms with Gasteiger partial charge in [-0.1, -0.05) is 23.8 Å². The van der Waals surface area contributed by atoms with Crippen LogP contribution in [0.4, 0.5) is 0 Å². The van der Waals surface area contributed by atoms with Crippen LogP contribution in [0.5, 0.6) is 0 Å². The number of aromatic nitrogens is 3. The van der Waals surface area contributed by atoms with Gasteiger partial charge in [-0.15, -0.1) is 0 Å². The summed E-state index contributed by atoms with van der Waals surface area (Å²) < 4.78 is 1.92. The molecular weight excluding hydrogens is 238 g/mol. The standard InChI is InChI=1S/C15H15N3O/c1-9-4-5-13(10(2)6-9)14-11(3)18-7-12(8-19)16-15(18)17-14/h4-8H,1-3H3,(H,16,17). The molecule has 0 saturated carbocycles. The van der Waals surface area contributed by atoms with Gasteiger partial charge in [-0.3, -0.25) is 9.20 Å². The lowest BCUT2D eigenvalue weighted by Crippen LogP contribution is -1.89. The molecule has 4 nitrogen and oxygen atoms in total. The second-order valence-corrected chi connectivity index (χ2v) is 4.89. The summed E-state index contributed by atoms with van der Waals surface area (Å²) in [4.78, 5) is 18.3. The molecule has 1 N–H and O–H groups in total. The molecule has 2 heterocycles. The minimum absolute atomic E-state index is 0.540. The number of rotatable bonds is 2. The fraction of sp³-hybridized carbons (Fsp3) is 0.200. The normalized spacial score (nSPS) is 11.1. The van der Waals surface area contributed by atoms with E-state index in [2.05, 4.69) is 42.0 Å². The van der Waals surface area contributed by atoms with Crippen LogP contribution in [0.15, 0.2) is 24.4 Å². The van der Waals surface area contributed by atoms with E-state index < -0.39 is 0 Å². The lowest BCUT2D eigenvalue weighted by Gasteiger charge is -2.05. The van der Waals surface area contributed by atoms with Gasteiger partial charge in [0.1, 0.15) is 0 Å². The first-order valence-electron chi connectivity index (χ1n) is 6.20. The number of H-pyrrole nitrogens is 1. The van der Waals surface area contributed by atoms with E-state index >= 15 is 0 Å². The minimum atomic E-state index is 0.540. The van der Waals surface area contributed by atoms with Crippen molar-refractivity contribution in [3.63, 3.8) is 0 Å². The van der Waals surface area contributed by atoms with Gasteiger partial charge in [0.15, 0.2) is 6.29 Å². The third kappa shape index (κ3) is 1.76. The number of aldehydes is 1. The van der Waals surface area contributed by atoms with Gasteiger partial charge in [-0.05, 0) is 26.3 Å². The zero-order valence-corrected chi connectivity index (χ0v) is 11.2. The second-order valence-electron chi connectivity index (χ2n) is 4.89. The number of aryl methyl sites for hydroxylation is 3. The minimum Gasteiger partial charge on any atom is -0.321 e. The lowest BCUT2D eigenvalue weighted by atomic mass is 10.0. The number of benzene rings is 1. The first-order chi connectivity index (χ1) is 9.10. The molecule has 0 aliphatic rings. The molecular formula is C15H15N3O. The number of imidazole rings is 2. The highest BCUT2D eigenvalue weighted by Gasteiger charge is 2.14. The average Bonchev–Trinajstić information content (AvgIpc) is 2.90. The fourth-order valence-corrected chi connectivity index (χ4v) is 2.45. The quantitative estimate of drug-likeness (QED) is 0.713. The molecule has 0 spiro atoms. The molecule has 3 aromatic rings. The van der Waals surface area contributed by atoms with Gasteiger partial charge in [0.05, 0.1) is 11.4 Å². The zero-order valence-electron chi connectivity index (χ0n) is 11.2. The molecule has 19 heavy (non-hydrogen) atoms. The third-order valence-corrected chi connectivity index (χ3v) is 3.44.